The number of carbonyl (C=O) groups excluding carboxylic acids is 2. The van der Waals surface area contributed by atoms with Crippen molar-refractivity contribution in [3.8, 4) is 0 Å². The fourth-order valence-corrected chi connectivity index (χ4v) is 3.77. The van der Waals surface area contributed by atoms with E-state index in [-0.39, 0.29) is 17.9 Å². The fourth-order valence-electron chi connectivity index (χ4n) is 3.77. The molecule has 3 heterocycles. The first-order chi connectivity index (χ1) is 13.6. The van der Waals surface area contributed by atoms with E-state index in [4.69, 9.17) is 4.52 Å². The highest BCUT2D eigenvalue weighted by Gasteiger charge is 2.33. The molecule has 2 aromatic heterocycles. The highest BCUT2D eigenvalue weighted by molar-refractivity contribution is 5.92. The zero-order chi connectivity index (χ0) is 19.5. The van der Waals surface area contributed by atoms with Crippen LogP contribution in [0.25, 0.3) is 0 Å². The minimum absolute atomic E-state index is 0.0101. The van der Waals surface area contributed by atoms with Gasteiger partial charge in [-0.3, -0.25) is 9.59 Å². The van der Waals surface area contributed by atoms with Crippen LogP contribution in [-0.2, 0) is 11.2 Å². The van der Waals surface area contributed by atoms with E-state index in [2.05, 4.69) is 20.1 Å². The van der Waals surface area contributed by atoms with Gasteiger partial charge in [0.2, 0.25) is 11.8 Å². The van der Waals surface area contributed by atoms with Gasteiger partial charge in [-0.05, 0) is 25.3 Å². The summed E-state index contributed by atoms with van der Waals surface area (Å²) in [5.41, 5.74) is 0.375. The number of hydrogen-bond acceptors (Lipinski definition) is 7. The molecule has 0 spiro atoms. The van der Waals surface area contributed by atoms with Crippen LogP contribution in [0.5, 0.6) is 0 Å². The second-order valence-corrected chi connectivity index (χ2v) is 7.43. The predicted octanol–water partition coefficient (Wildman–Crippen LogP) is 1.43. The molecule has 2 aliphatic rings. The molecule has 28 heavy (non-hydrogen) atoms. The molecule has 2 fully saturated rings. The Morgan fingerprint density at radius 3 is 2.86 bits per heavy atom. The Bertz CT molecular complexity index is 835. The van der Waals surface area contributed by atoms with Gasteiger partial charge < -0.3 is 14.3 Å². The van der Waals surface area contributed by atoms with Crippen LogP contribution in [0.1, 0.15) is 60.7 Å². The van der Waals surface area contributed by atoms with E-state index < -0.39 is 0 Å². The van der Waals surface area contributed by atoms with Gasteiger partial charge >= 0.3 is 0 Å². The average Bonchev–Trinajstić information content (AvgIpc) is 3.31. The summed E-state index contributed by atoms with van der Waals surface area (Å²) < 4.78 is 5.35. The van der Waals surface area contributed by atoms with E-state index >= 15 is 0 Å². The molecule has 1 aliphatic carbocycles. The quantitative estimate of drug-likeness (QED) is 0.742. The summed E-state index contributed by atoms with van der Waals surface area (Å²) in [6, 6.07) is 1.59. The third-order valence-electron chi connectivity index (χ3n) is 5.61. The Balaban J connectivity index is 1.35. The van der Waals surface area contributed by atoms with E-state index in [1.54, 1.807) is 24.1 Å². The summed E-state index contributed by atoms with van der Waals surface area (Å²) in [5.74, 6) is 1.63. The topological polar surface area (TPSA) is 105 Å². The van der Waals surface area contributed by atoms with E-state index in [1.165, 1.54) is 12.7 Å². The number of nitrogens with zero attached hydrogens (tertiary/aromatic N) is 6. The van der Waals surface area contributed by atoms with E-state index in [9.17, 15) is 9.59 Å². The molecule has 148 valence electrons. The molecule has 2 amide bonds. The van der Waals surface area contributed by atoms with Gasteiger partial charge in [0.05, 0.1) is 6.04 Å². The van der Waals surface area contributed by atoms with Crippen LogP contribution in [0, 0.1) is 0 Å². The van der Waals surface area contributed by atoms with Crippen molar-refractivity contribution in [2.24, 2.45) is 0 Å². The van der Waals surface area contributed by atoms with E-state index in [1.807, 2.05) is 4.90 Å². The van der Waals surface area contributed by atoms with Gasteiger partial charge in [0.25, 0.3) is 5.91 Å². The average molecular weight is 384 g/mol. The van der Waals surface area contributed by atoms with Crippen LogP contribution < -0.4 is 0 Å². The molecule has 0 N–H and O–H groups in total. The fraction of sp³-hybridized carbons (Fsp3) is 0.579. The molecule has 0 aromatic carbocycles. The summed E-state index contributed by atoms with van der Waals surface area (Å²) in [5, 5.41) is 4.06. The zero-order valence-corrected chi connectivity index (χ0v) is 16.0. The number of rotatable bonds is 6. The van der Waals surface area contributed by atoms with Crippen molar-refractivity contribution in [2.75, 3.05) is 19.6 Å². The first-order valence-corrected chi connectivity index (χ1v) is 9.77. The molecule has 1 atom stereocenters. The Labute approximate surface area is 163 Å². The summed E-state index contributed by atoms with van der Waals surface area (Å²) in [6.07, 6.45) is 7.65. The lowest BCUT2D eigenvalue weighted by Gasteiger charge is -2.27. The van der Waals surface area contributed by atoms with Crippen molar-refractivity contribution in [1.82, 2.24) is 29.9 Å². The first kappa shape index (κ1) is 18.5. The van der Waals surface area contributed by atoms with Crippen molar-refractivity contribution < 1.29 is 14.1 Å². The summed E-state index contributed by atoms with van der Waals surface area (Å²) in [7, 11) is 0. The highest BCUT2D eigenvalue weighted by Crippen LogP contribution is 2.35. The van der Waals surface area contributed by atoms with Crippen molar-refractivity contribution in [3.05, 3.63) is 36.0 Å². The molecule has 1 aliphatic heterocycles. The van der Waals surface area contributed by atoms with Crippen molar-refractivity contribution in [3.63, 3.8) is 0 Å². The lowest BCUT2D eigenvalue weighted by molar-refractivity contribution is -0.130. The largest absolute Gasteiger partial charge is 0.339 e. The summed E-state index contributed by atoms with van der Waals surface area (Å²) in [6.45, 7) is 3.18. The van der Waals surface area contributed by atoms with Gasteiger partial charge in [0, 0.05) is 45.1 Å². The van der Waals surface area contributed by atoms with E-state index in [0.717, 1.165) is 25.2 Å². The van der Waals surface area contributed by atoms with Gasteiger partial charge in [-0.1, -0.05) is 11.6 Å². The molecule has 1 saturated heterocycles. The Hall–Kier alpha value is -2.84. The maximum absolute atomic E-state index is 12.6. The third-order valence-corrected chi connectivity index (χ3v) is 5.61. The lowest BCUT2D eigenvalue weighted by atomic mass is 9.85. The molecule has 9 heteroatoms. The number of carbonyl (C=O) groups is 2. The van der Waals surface area contributed by atoms with Gasteiger partial charge in [0.15, 0.2) is 5.82 Å². The van der Waals surface area contributed by atoms with Crippen LogP contribution in [-0.4, -0.2) is 67.4 Å². The van der Waals surface area contributed by atoms with Crippen LogP contribution >= 0.6 is 0 Å². The Morgan fingerprint density at radius 2 is 2.18 bits per heavy atom. The SMILES string of the molecule is CC(=O)N(CCc1noc(C2CCC2)n1)C1CCN(C(=O)c2ccncn2)C1. The van der Waals surface area contributed by atoms with Gasteiger partial charge in [-0.15, -0.1) is 0 Å². The molecule has 0 bridgehead atoms. The minimum Gasteiger partial charge on any atom is -0.339 e. The number of hydrogen-bond donors (Lipinski definition) is 0. The Morgan fingerprint density at radius 1 is 1.32 bits per heavy atom. The number of likely N-dealkylation sites (tertiary alicyclic amines) is 1. The minimum atomic E-state index is -0.128. The van der Waals surface area contributed by atoms with Crippen LogP contribution in [0.3, 0.4) is 0 Å². The van der Waals surface area contributed by atoms with Crippen molar-refractivity contribution in [1.29, 1.82) is 0 Å². The van der Waals surface area contributed by atoms with Crippen molar-refractivity contribution >= 4 is 11.8 Å². The highest BCUT2D eigenvalue weighted by atomic mass is 16.5. The third kappa shape index (κ3) is 3.88. The molecule has 0 radical (unpaired) electrons. The summed E-state index contributed by atoms with van der Waals surface area (Å²) in [4.78, 5) is 40.7. The second kappa shape index (κ2) is 8.04. The van der Waals surface area contributed by atoms with Gasteiger partial charge in [-0.25, -0.2) is 9.97 Å². The first-order valence-electron chi connectivity index (χ1n) is 9.77. The number of amides is 2. The normalized spacial score (nSPS) is 19.5. The monoisotopic (exact) mass is 384 g/mol. The maximum Gasteiger partial charge on any atom is 0.272 e. The predicted molar refractivity (Wildman–Crippen MR) is 98.3 cm³/mol. The molecule has 9 nitrogen and oxygen atoms in total. The molecular formula is C19H24N6O3. The Kier molecular flexibility index (Phi) is 5.31. The molecule has 1 unspecified atom stereocenters. The number of aromatic nitrogens is 4. The lowest BCUT2D eigenvalue weighted by Crippen LogP contribution is -2.42. The van der Waals surface area contributed by atoms with Crippen molar-refractivity contribution in [2.45, 2.75) is 51.0 Å². The molecular weight excluding hydrogens is 360 g/mol. The van der Waals surface area contributed by atoms with E-state index in [0.29, 0.717) is 43.5 Å². The molecule has 4 rings (SSSR count). The summed E-state index contributed by atoms with van der Waals surface area (Å²) >= 11 is 0. The second-order valence-electron chi connectivity index (χ2n) is 7.43. The van der Waals surface area contributed by atoms with Gasteiger partial charge in [0.1, 0.15) is 12.0 Å². The van der Waals surface area contributed by atoms with Crippen LogP contribution in [0.4, 0.5) is 0 Å². The standard InChI is InChI=1S/C19H24N6O3/c1-13(26)25(10-7-17-22-18(28-23-17)14-3-2-4-14)15-6-9-24(11-15)19(27)16-5-8-20-12-21-16/h5,8,12,14-15H,2-4,6-7,9-11H2,1H3. The molecule has 1 saturated carbocycles. The smallest absolute Gasteiger partial charge is 0.272 e. The van der Waals surface area contributed by atoms with Crippen LogP contribution in [0.2, 0.25) is 0 Å². The molecule has 2 aromatic rings. The van der Waals surface area contributed by atoms with Crippen LogP contribution in [0.15, 0.2) is 23.1 Å². The van der Waals surface area contributed by atoms with Gasteiger partial charge in [-0.2, -0.15) is 4.98 Å². The maximum atomic E-state index is 12.6. The zero-order valence-electron chi connectivity index (χ0n) is 16.0.